The van der Waals surface area contributed by atoms with E-state index in [0.717, 1.165) is 5.82 Å². The van der Waals surface area contributed by atoms with Gasteiger partial charge in [-0.25, -0.2) is 9.97 Å². The number of nitrogens with one attached hydrogen (secondary N) is 1. The van der Waals surface area contributed by atoms with E-state index in [1.54, 1.807) is 41.6 Å². The van der Waals surface area contributed by atoms with E-state index in [1.165, 1.54) is 0 Å². The van der Waals surface area contributed by atoms with Crippen molar-refractivity contribution in [3.05, 3.63) is 42.6 Å². The van der Waals surface area contributed by atoms with E-state index in [1.807, 2.05) is 20.8 Å². The van der Waals surface area contributed by atoms with Gasteiger partial charge in [0.2, 0.25) is 0 Å². The maximum absolute atomic E-state index is 11.9. The quantitative estimate of drug-likeness (QED) is 0.876. The third-order valence-corrected chi connectivity index (χ3v) is 2.27. The molecule has 0 saturated heterocycles. The lowest BCUT2D eigenvalue weighted by Gasteiger charge is -2.20. The van der Waals surface area contributed by atoms with E-state index in [0.29, 0.717) is 5.56 Å². The first-order chi connectivity index (χ1) is 8.46. The van der Waals surface area contributed by atoms with Gasteiger partial charge in [-0.2, -0.15) is 0 Å². The van der Waals surface area contributed by atoms with Crippen LogP contribution in [-0.2, 0) is 0 Å². The fraction of sp³-hybridized carbons (Fsp3) is 0.308. The zero-order valence-electron chi connectivity index (χ0n) is 10.7. The van der Waals surface area contributed by atoms with Gasteiger partial charge in [-0.3, -0.25) is 9.36 Å². The summed E-state index contributed by atoms with van der Waals surface area (Å²) in [5, 5.41) is 2.89. The number of rotatable bonds is 2. The van der Waals surface area contributed by atoms with Crippen LogP contribution in [0, 0.1) is 0 Å². The largest absolute Gasteiger partial charge is 0.347 e. The Balaban J connectivity index is 2.15. The lowest BCUT2D eigenvalue weighted by atomic mass is 10.1. The average Bonchev–Trinajstić information content (AvgIpc) is 2.80. The van der Waals surface area contributed by atoms with Crippen molar-refractivity contribution in [3.8, 4) is 5.82 Å². The van der Waals surface area contributed by atoms with Gasteiger partial charge in [0.1, 0.15) is 12.1 Å². The molecule has 0 atom stereocenters. The van der Waals surface area contributed by atoms with Crippen LogP contribution in [0.1, 0.15) is 31.1 Å². The number of imidazole rings is 1. The number of aromatic nitrogens is 3. The Kier molecular flexibility index (Phi) is 3.14. The number of hydrogen-bond donors (Lipinski definition) is 1. The number of nitrogens with zero attached hydrogens (tertiary/aromatic N) is 3. The van der Waals surface area contributed by atoms with Crippen molar-refractivity contribution in [3.63, 3.8) is 0 Å². The molecule has 0 aromatic carbocycles. The molecule has 0 aliphatic rings. The predicted molar refractivity (Wildman–Crippen MR) is 68.6 cm³/mol. The maximum Gasteiger partial charge on any atom is 0.253 e. The molecule has 2 rings (SSSR count). The van der Waals surface area contributed by atoms with Gasteiger partial charge < -0.3 is 5.32 Å². The summed E-state index contributed by atoms with van der Waals surface area (Å²) in [6, 6.07) is 3.54. The molecule has 2 heterocycles. The number of carbonyl (C=O) groups is 1. The minimum atomic E-state index is -0.250. The van der Waals surface area contributed by atoms with Crippen LogP contribution in [0.15, 0.2) is 37.1 Å². The minimum absolute atomic E-state index is 0.118. The normalized spacial score (nSPS) is 11.3. The molecule has 0 bridgehead atoms. The third kappa shape index (κ3) is 2.94. The van der Waals surface area contributed by atoms with Crippen molar-refractivity contribution in [1.29, 1.82) is 0 Å². The zero-order valence-corrected chi connectivity index (χ0v) is 10.7. The first-order valence-electron chi connectivity index (χ1n) is 5.73. The lowest BCUT2D eigenvalue weighted by molar-refractivity contribution is 0.0919. The second-order valence-corrected chi connectivity index (χ2v) is 5.08. The average molecular weight is 244 g/mol. The van der Waals surface area contributed by atoms with Crippen LogP contribution in [0.5, 0.6) is 0 Å². The highest BCUT2D eigenvalue weighted by Gasteiger charge is 2.15. The van der Waals surface area contributed by atoms with Gasteiger partial charge in [0.05, 0.1) is 5.56 Å². The van der Waals surface area contributed by atoms with Gasteiger partial charge in [-0.15, -0.1) is 0 Å². The molecule has 0 radical (unpaired) electrons. The molecule has 1 N–H and O–H groups in total. The van der Waals surface area contributed by atoms with Crippen LogP contribution < -0.4 is 5.32 Å². The summed E-state index contributed by atoms with van der Waals surface area (Å²) in [5.41, 5.74) is 0.300. The van der Waals surface area contributed by atoms with Crippen molar-refractivity contribution in [2.24, 2.45) is 0 Å². The van der Waals surface area contributed by atoms with E-state index < -0.39 is 0 Å². The van der Waals surface area contributed by atoms with Gasteiger partial charge in [0.25, 0.3) is 5.91 Å². The van der Waals surface area contributed by atoms with Crippen molar-refractivity contribution in [2.75, 3.05) is 0 Å². The molecule has 5 heteroatoms. The van der Waals surface area contributed by atoms with E-state index >= 15 is 0 Å². The molecular weight excluding hydrogens is 228 g/mol. The van der Waals surface area contributed by atoms with E-state index in [-0.39, 0.29) is 11.4 Å². The molecule has 0 aliphatic heterocycles. The molecule has 2 aromatic heterocycles. The Bertz CT molecular complexity index is 523. The van der Waals surface area contributed by atoms with Crippen LogP contribution in [0.3, 0.4) is 0 Å². The minimum Gasteiger partial charge on any atom is -0.347 e. The molecule has 5 nitrogen and oxygen atoms in total. The number of hydrogen-bond acceptors (Lipinski definition) is 3. The maximum atomic E-state index is 11.9. The van der Waals surface area contributed by atoms with Crippen molar-refractivity contribution < 1.29 is 4.79 Å². The van der Waals surface area contributed by atoms with Crippen LogP contribution in [0.2, 0.25) is 0 Å². The molecule has 0 saturated carbocycles. The summed E-state index contributed by atoms with van der Waals surface area (Å²) in [6.07, 6.45) is 6.72. The molecule has 0 fully saturated rings. The Morgan fingerprint density at radius 2 is 2.11 bits per heavy atom. The van der Waals surface area contributed by atoms with Gasteiger partial charge in [0, 0.05) is 24.1 Å². The van der Waals surface area contributed by atoms with E-state index in [9.17, 15) is 4.79 Å². The van der Waals surface area contributed by atoms with Crippen molar-refractivity contribution in [1.82, 2.24) is 19.9 Å². The monoisotopic (exact) mass is 244 g/mol. The number of carbonyl (C=O) groups excluding carboxylic acids is 1. The zero-order chi connectivity index (χ0) is 13.2. The molecule has 18 heavy (non-hydrogen) atoms. The predicted octanol–water partition coefficient (Wildman–Crippen LogP) is 1.80. The van der Waals surface area contributed by atoms with Crippen LogP contribution in [0.4, 0.5) is 0 Å². The van der Waals surface area contributed by atoms with Crippen LogP contribution >= 0.6 is 0 Å². The first kappa shape index (κ1) is 12.3. The first-order valence-corrected chi connectivity index (χ1v) is 5.73. The second-order valence-electron chi connectivity index (χ2n) is 5.08. The molecule has 0 unspecified atom stereocenters. The Hall–Kier alpha value is -2.17. The highest BCUT2D eigenvalue weighted by Crippen LogP contribution is 2.07. The standard InChI is InChI=1S/C13H16N4O/c1-13(2,3)16-12(18)10-4-5-11(15-8-10)17-7-6-14-9-17/h4-9H,1-3H3,(H,16,18). The lowest BCUT2D eigenvalue weighted by Crippen LogP contribution is -2.40. The number of pyridine rings is 1. The fourth-order valence-corrected chi connectivity index (χ4v) is 1.48. The van der Waals surface area contributed by atoms with Crippen LogP contribution in [0.25, 0.3) is 5.82 Å². The summed E-state index contributed by atoms with van der Waals surface area (Å²) < 4.78 is 1.78. The topological polar surface area (TPSA) is 59.8 Å². The van der Waals surface area contributed by atoms with Crippen LogP contribution in [-0.4, -0.2) is 26.0 Å². The summed E-state index contributed by atoms with van der Waals surface area (Å²) in [6.45, 7) is 5.83. The van der Waals surface area contributed by atoms with Crippen molar-refractivity contribution >= 4 is 5.91 Å². The van der Waals surface area contributed by atoms with Gasteiger partial charge >= 0.3 is 0 Å². The highest BCUT2D eigenvalue weighted by atomic mass is 16.1. The number of amides is 1. The molecular formula is C13H16N4O. The Morgan fingerprint density at radius 1 is 1.33 bits per heavy atom. The summed E-state index contributed by atoms with van der Waals surface area (Å²) in [7, 11) is 0. The summed E-state index contributed by atoms with van der Waals surface area (Å²) in [5.74, 6) is 0.618. The summed E-state index contributed by atoms with van der Waals surface area (Å²) >= 11 is 0. The molecule has 1 amide bonds. The van der Waals surface area contributed by atoms with Gasteiger partial charge in [0.15, 0.2) is 0 Å². The second kappa shape index (κ2) is 4.60. The molecule has 0 aliphatic carbocycles. The summed E-state index contributed by atoms with van der Waals surface area (Å²) in [4.78, 5) is 20.1. The van der Waals surface area contributed by atoms with E-state index in [4.69, 9.17) is 0 Å². The van der Waals surface area contributed by atoms with Crippen molar-refractivity contribution in [2.45, 2.75) is 26.3 Å². The highest BCUT2D eigenvalue weighted by molar-refractivity contribution is 5.94. The third-order valence-electron chi connectivity index (χ3n) is 2.27. The molecule has 2 aromatic rings. The SMILES string of the molecule is CC(C)(C)NC(=O)c1ccc(-n2ccnc2)nc1. The molecule has 94 valence electrons. The smallest absolute Gasteiger partial charge is 0.253 e. The Morgan fingerprint density at radius 3 is 2.61 bits per heavy atom. The Labute approximate surface area is 106 Å². The fourth-order valence-electron chi connectivity index (χ4n) is 1.48. The van der Waals surface area contributed by atoms with Gasteiger partial charge in [-0.05, 0) is 32.9 Å². The van der Waals surface area contributed by atoms with E-state index in [2.05, 4.69) is 15.3 Å². The van der Waals surface area contributed by atoms with Gasteiger partial charge in [-0.1, -0.05) is 0 Å². The molecule has 0 spiro atoms.